The van der Waals surface area contributed by atoms with Gasteiger partial charge >= 0.3 is 20.4 Å². The molecule has 0 saturated carbocycles. The molecule has 0 aliphatic rings. The SMILES string of the molecule is CC(C)(C)P(C=CCc1ccc(F)cc1)C(C)(C)C.CC(C)(C)P(C=CCc1ccc(F)cc1)C(C)(C)C.[Cl-].[Cl-].[Pd+2]. The zero-order chi connectivity index (χ0) is 29.4. The van der Waals surface area contributed by atoms with Crippen molar-refractivity contribution in [3.63, 3.8) is 0 Å². The van der Waals surface area contributed by atoms with Gasteiger partial charge < -0.3 is 24.8 Å². The number of hydrogen-bond donors (Lipinski definition) is 0. The first-order valence-corrected chi connectivity index (χ1v) is 16.4. The van der Waals surface area contributed by atoms with Crippen LogP contribution < -0.4 is 24.8 Å². The van der Waals surface area contributed by atoms with Crippen molar-refractivity contribution in [3.8, 4) is 0 Å². The second kappa shape index (κ2) is 19.3. The van der Waals surface area contributed by atoms with Gasteiger partial charge in [-0.15, -0.1) is 0 Å². The quantitative estimate of drug-likeness (QED) is 0.255. The van der Waals surface area contributed by atoms with Gasteiger partial charge in [-0.25, -0.2) is 8.78 Å². The maximum absolute atomic E-state index is 12.8. The van der Waals surface area contributed by atoms with Crippen LogP contribution in [0, 0.1) is 11.6 Å². The molecule has 0 nitrogen and oxygen atoms in total. The second-order valence-corrected chi connectivity index (χ2v) is 21.3. The largest absolute Gasteiger partial charge is 2.00 e. The van der Waals surface area contributed by atoms with Crippen molar-refractivity contribution in [2.24, 2.45) is 0 Å². The fraction of sp³-hybridized carbons (Fsp3) is 0.529. The van der Waals surface area contributed by atoms with Crippen molar-refractivity contribution >= 4 is 15.8 Å². The fourth-order valence-electron chi connectivity index (χ4n) is 4.74. The van der Waals surface area contributed by atoms with E-state index in [0.29, 0.717) is 20.6 Å². The summed E-state index contributed by atoms with van der Waals surface area (Å²) in [6, 6.07) is 13.5. The fourth-order valence-corrected chi connectivity index (χ4v) is 11.2. The molecule has 0 bridgehead atoms. The molecule has 0 unspecified atom stereocenters. The van der Waals surface area contributed by atoms with Gasteiger partial charge in [0.2, 0.25) is 0 Å². The summed E-state index contributed by atoms with van der Waals surface area (Å²) in [5.74, 6) is 4.44. The van der Waals surface area contributed by atoms with Crippen LogP contribution in [0.15, 0.2) is 72.3 Å². The van der Waals surface area contributed by atoms with Crippen LogP contribution in [0.1, 0.15) is 94.2 Å². The topological polar surface area (TPSA) is 0 Å². The number of allylic oxidation sites excluding steroid dienone is 2. The van der Waals surface area contributed by atoms with Gasteiger partial charge in [0.25, 0.3) is 0 Å². The molecule has 236 valence electrons. The van der Waals surface area contributed by atoms with Crippen LogP contribution in [0.25, 0.3) is 0 Å². The molecule has 0 saturated heterocycles. The van der Waals surface area contributed by atoms with E-state index in [1.807, 2.05) is 24.3 Å². The van der Waals surface area contributed by atoms with Crippen molar-refractivity contribution in [3.05, 3.63) is 95.1 Å². The molecule has 0 aliphatic heterocycles. The van der Waals surface area contributed by atoms with E-state index in [1.165, 1.54) is 24.3 Å². The van der Waals surface area contributed by atoms with Gasteiger partial charge in [0.15, 0.2) is 0 Å². The van der Waals surface area contributed by atoms with Crippen LogP contribution in [0.2, 0.25) is 0 Å². The van der Waals surface area contributed by atoms with Crippen molar-refractivity contribution < 1.29 is 54.0 Å². The average molecular weight is 738 g/mol. The van der Waals surface area contributed by atoms with E-state index in [2.05, 4.69) is 107 Å². The first-order chi connectivity index (χ1) is 17.2. The first kappa shape index (κ1) is 45.3. The van der Waals surface area contributed by atoms with Gasteiger partial charge in [-0.3, -0.25) is 0 Å². The maximum Gasteiger partial charge on any atom is 2.00 e. The number of hydrogen-bond acceptors (Lipinski definition) is 0. The van der Waals surface area contributed by atoms with Crippen LogP contribution in [0.3, 0.4) is 0 Å². The summed E-state index contributed by atoms with van der Waals surface area (Å²) in [5, 5.41) is 1.25. The van der Waals surface area contributed by atoms with Crippen LogP contribution in [0.5, 0.6) is 0 Å². The minimum atomic E-state index is -0.200. The maximum atomic E-state index is 12.8. The third-order valence-corrected chi connectivity index (χ3v) is 12.7. The standard InChI is InChI=1S/2C17H26FP.2ClH.Pd/c2*1-16(2,3)19(17(4,5)6)13-7-8-14-9-11-15(18)12-10-14;;;/h2*7,9-13H,8H2,1-6H3;2*1H;/q;;;;+2/p-2. The Morgan fingerprint density at radius 2 is 0.707 bits per heavy atom. The third kappa shape index (κ3) is 18.3. The molecular weight excluding hydrogens is 686 g/mol. The Bertz CT molecular complexity index is 912. The van der Waals surface area contributed by atoms with Crippen LogP contribution in [-0.4, -0.2) is 20.6 Å². The van der Waals surface area contributed by atoms with Crippen LogP contribution >= 0.6 is 15.8 Å². The van der Waals surface area contributed by atoms with E-state index >= 15 is 0 Å². The van der Waals surface area contributed by atoms with E-state index in [4.69, 9.17) is 0 Å². The van der Waals surface area contributed by atoms with E-state index in [1.54, 1.807) is 0 Å². The van der Waals surface area contributed by atoms with Crippen molar-refractivity contribution in [2.75, 3.05) is 0 Å². The van der Waals surface area contributed by atoms with Gasteiger partial charge in [-0.2, -0.15) is 0 Å². The molecule has 0 fully saturated rings. The van der Waals surface area contributed by atoms with E-state index in [9.17, 15) is 8.78 Å². The predicted molar refractivity (Wildman–Crippen MR) is 171 cm³/mol. The molecule has 0 N–H and O–H groups in total. The molecule has 7 heteroatoms. The molecule has 41 heavy (non-hydrogen) atoms. The molecule has 2 rings (SSSR count). The van der Waals surface area contributed by atoms with E-state index in [0.717, 1.165) is 24.0 Å². The molecule has 2 aromatic carbocycles. The summed E-state index contributed by atoms with van der Waals surface area (Å²) >= 11 is 0. The van der Waals surface area contributed by atoms with Crippen LogP contribution in [-0.2, 0) is 33.3 Å². The zero-order valence-electron chi connectivity index (χ0n) is 27.1. The molecule has 0 spiro atoms. The summed E-state index contributed by atoms with van der Waals surface area (Å²) in [4.78, 5) is 0. The smallest absolute Gasteiger partial charge is 1.00 e. The van der Waals surface area contributed by atoms with Gasteiger partial charge in [0, 0.05) is 0 Å². The zero-order valence-corrected chi connectivity index (χ0v) is 31.9. The monoisotopic (exact) mass is 736 g/mol. The van der Waals surface area contributed by atoms with Crippen LogP contribution in [0.4, 0.5) is 8.78 Å². The Hall–Kier alpha value is -0.118. The van der Waals surface area contributed by atoms with Crippen molar-refractivity contribution in [1.82, 2.24) is 0 Å². The predicted octanol–water partition coefficient (Wildman–Crippen LogP) is 5.93. The average Bonchev–Trinajstić information content (AvgIpc) is 2.73. The molecule has 0 aliphatic carbocycles. The van der Waals surface area contributed by atoms with E-state index < -0.39 is 0 Å². The summed E-state index contributed by atoms with van der Waals surface area (Å²) in [6.45, 7) is 27.7. The Kier molecular flexibility index (Phi) is 21.3. The summed E-state index contributed by atoms with van der Waals surface area (Å²) in [6.07, 6.45) is 6.25. The summed E-state index contributed by atoms with van der Waals surface area (Å²) < 4.78 is 25.7. The van der Waals surface area contributed by atoms with Crippen molar-refractivity contribution in [1.29, 1.82) is 0 Å². The Morgan fingerprint density at radius 1 is 0.488 bits per heavy atom. The van der Waals surface area contributed by atoms with E-state index in [-0.39, 0.29) is 72.7 Å². The van der Waals surface area contributed by atoms with Crippen molar-refractivity contribution in [2.45, 2.75) is 117 Å². The van der Waals surface area contributed by atoms with Gasteiger partial charge in [0.1, 0.15) is 11.6 Å². The molecule has 0 aromatic heterocycles. The molecule has 0 heterocycles. The first-order valence-electron chi connectivity index (χ1n) is 13.6. The minimum absolute atomic E-state index is 0. The summed E-state index contributed by atoms with van der Waals surface area (Å²) in [5.41, 5.74) is 2.32. The molecule has 0 radical (unpaired) electrons. The molecule has 2 aromatic rings. The second-order valence-electron chi connectivity index (χ2n) is 13.9. The molecule has 0 atom stereocenters. The summed E-state index contributed by atoms with van der Waals surface area (Å²) in [7, 11) is -0.400. The third-order valence-electron chi connectivity index (χ3n) is 5.93. The Balaban J connectivity index is -0.000000656. The number of halogens is 4. The molecule has 0 amide bonds. The van der Waals surface area contributed by atoms with Gasteiger partial charge in [-0.1, -0.05) is 147 Å². The Morgan fingerprint density at radius 3 is 0.902 bits per heavy atom. The number of benzene rings is 2. The van der Waals surface area contributed by atoms with Gasteiger partial charge in [0.05, 0.1) is 0 Å². The Labute approximate surface area is 280 Å². The molecular formula is C34H52Cl2F2P2Pd. The van der Waals surface area contributed by atoms with Gasteiger partial charge in [-0.05, 0) is 68.9 Å². The normalized spacial score (nSPS) is 12.5. The number of rotatable bonds is 6. The minimum Gasteiger partial charge on any atom is -1.00 e.